The number of nitrogens with one attached hydrogen (secondary N) is 1. The summed E-state index contributed by atoms with van der Waals surface area (Å²) in [5.41, 5.74) is 4.09. The highest BCUT2D eigenvalue weighted by molar-refractivity contribution is 6.12. The van der Waals surface area contributed by atoms with E-state index in [2.05, 4.69) is 5.32 Å². The van der Waals surface area contributed by atoms with Crippen LogP contribution in [0.4, 0.5) is 11.4 Å². The zero-order chi connectivity index (χ0) is 32.8. The van der Waals surface area contributed by atoms with E-state index in [-0.39, 0.29) is 11.7 Å². The predicted molar refractivity (Wildman–Crippen MR) is 183 cm³/mol. The van der Waals surface area contributed by atoms with Crippen molar-refractivity contribution in [3.05, 3.63) is 156 Å². The number of carbonyl (C=O) groups is 3. The topological polar surface area (TPSA) is 98.1 Å². The summed E-state index contributed by atoms with van der Waals surface area (Å²) in [5.74, 6) is -0.0413. The van der Waals surface area contributed by atoms with Crippen molar-refractivity contribution < 1.29 is 28.3 Å². The Hall–Kier alpha value is -5.89. The minimum atomic E-state index is -0.722. The van der Waals surface area contributed by atoms with Gasteiger partial charge in [0.25, 0.3) is 5.91 Å². The Morgan fingerprint density at radius 3 is 2.26 bits per heavy atom. The zero-order valence-electron chi connectivity index (χ0n) is 26.1. The minimum absolute atomic E-state index is 0.137. The molecular weight excluding hydrogens is 592 g/mol. The maximum Gasteiger partial charge on any atom is 0.328 e. The summed E-state index contributed by atoms with van der Waals surface area (Å²) in [7, 11) is 1.34. The maximum atomic E-state index is 13.2. The maximum absolute atomic E-state index is 13.2. The van der Waals surface area contributed by atoms with Gasteiger partial charge in [-0.1, -0.05) is 72.8 Å². The van der Waals surface area contributed by atoms with E-state index < -0.39 is 12.0 Å². The molecule has 0 aliphatic carbocycles. The van der Waals surface area contributed by atoms with Gasteiger partial charge in [0.1, 0.15) is 11.8 Å². The summed E-state index contributed by atoms with van der Waals surface area (Å²) >= 11 is 0. The van der Waals surface area contributed by atoms with Crippen molar-refractivity contribution >= 4 is 35.1 Å². The molecule has 0 bridgehead atoms. The highest BCUT2D eigenvalue weighted by atomic mass is 16.5. The van der Waals surface area contributed by atoms with E-state index in [1.807, 2.05) is 78.9 Å². The Bertz CT molecular complexity index is 1770. The monoisotopic (exact) mass is 628 g/mol. The summed E-state index contributed by atoms with van der Waals surface area (Å²) < 4.78 is 16.1. The number of hydrogen-bond acceptors (Lipinski definition) is 7. The van der Waals surface area contributed by atoms with E-state index in [1.54, 1.807) is 59.9 Å². The van der Waals surface area contributed by atoms with Crippen LogP contribution in [-0.4, -0.2) is 44.0 Å². The Kier molecular flexibility index (Phi) is 11.4. The summed E-state index contributed by atoms with van der Waals surface area (Å²) in [6.45, 7) is 0.872. The second kappa shape index (κ2) is 16.4. The molecule has 0 unspecified atom stereocenters. The molecule has 1 atom stereocenters. The van der Waals surface area contributed by atoms with Gasteiger partial charge in [-0.25, -0.2) is 4.79 Å². The van der Waals surface area contributed by atoms with Gasteiger partial charge in [0.15, 0.2) is 5.78 Å². The van der Waals surface area contributed by atoms with Crippen molar-refractivity contribution in [2.75, 3.05) is 30.5 Å². The van der Waals surface area contributed by atoms with Crippen molar-refractivity contribution in [2.45, 2.75) is 18.9 Å². The van der Waals surface area contributed by atoms with Crippen LogP contribution in [0.1, 0.15) is 33.5 Å². The molecule has 8 heteroatoms. The van der Waals surface area contributed by atoms with E-state index in [0.717, 1.165) is 16.8 Å². The lowest BCUT2D eigenvalue weighted by atomic mass is 10.00. The first-order chi connectivity index (χ1) is 23.0. The number of furan rings is 1. The number of benzene rings is 4. The van der Waals surface area contributed by atoms with Gasteiger partial charge in [-0.15, -0.1) is 0 Å². The third-order valence-corrected chi connectivity index (χ3v) is 7.48. The van der Waals surface area contributed by atoms with Crippen LogP contribution in [0, 0.1) is 0 Å². The van der Waals surface area contributed by atoms with E-state index in [0.29, 0.717) is 48.6 Å². The number of methoxy groups -OCH3 is 1. The number of nitrogens with zero attached hydrogens (tertiary/aromatic N) is 1. The number of para-hydroxylation sites is 2. The van der Waals surface area contributed by atoms with Crippen LogP contribution >= 0.6 is 0 Å². The van der Waals surface area contributed by atoms with Crippen molar-refractivity contribution in [1.29, 1.82) is 0 Å². The molecule has 0 radical (unpaired) electrons. The molecule has 0 saturated carbocycles. The van der Waals surface area contributed by atoms with Crippen LogP contribution in [0.5, 0.6) is 5.75 Å². The highest BCUT2D eigenvalue weighted by Gasteiger charge is 2.23. The number of ketones is 1. The van der Waals surface area contributed by atoms with Gasteiger partial charge in [0.05, 0.1) is 26.2 Å². The Morgan fingerprint density at radius 2 is 1.55 bits per heavy atom. The molecule has 0 saturated heterocycles. The normalized spacial score (nSPS) is 11.5. The van der Waals surface area contributed by atoms with Gasteiger partial charge in [0.2, 0.25) is 0 Å². The minimum Gasteiger partial charge on any atom is -0.494 e. The molecule has 47 heavy (non-hydrogen) atoms. The summed E-state index contributed by atoms with van der Waals surface area (Å²) in [6.07, 6.45) is 7.35. The Morgan fingerprint density at radius 1 is 0.851 bits per heavy atom. The first-order valence-electron chi connectivity index (χ1n) is 15.3. The van der Waals surface area contributed by atoms with E-state index in [1.165, 1.54) is 13.2 Å². The molecule has 1 heterocycles. The predicted octanol–water partition coefficient (Wildman–Crippen LogP) is 7.22. The number of anilines is 2. The van der Waals surface area contributed by atoms with Gasteiger partial charge in [-0.05, 0) is 60.5 Å². The number of ether oxygens (including phenoxy) is 2. The lowest BCUT2D eigenvalue weighted by Gasteiger charge is -2.21. The largest absolute Gasteiger partial charge is 0.494 e. The second-order valence-corrected chi connectivity index (χ2v) is 10.7. The van der Waals surface area contributed by atoms with Crippen LogP contribution in [-0.2, 0) is 20.7 Å². The SMILES string of the molecule is COC(=O)[C@H](Cc1ccc(OCCCN(C(=O)/C=C/c2ccoc2)c2ccccc2)cc1)Nc1ccccc1C(=O)c1ccccc1. The first-order valence-corrected chi connectivity index (χ1v) is 15.3. The molecule has 0 spiro atoms. The average molecular weight is 629 g/mol. The number of rotatable bonds is 15. The van der Waals surface area contributed by atoms with Crippen LogP contribution < -0.4 is 15.0 Å². The second-order valence-electron chi connectivity index (χ2n) is 10.7. The van der Waals surface area contributed by atoms with Gasteiger partial charge < -0.3 is 24.1 Å². The standard InChI is InChI=1S/C39H36N2O6/c1-45-39(44)36(40-35-16-9-8-15-34(35)38(43)31-11-4-2-5-12-31)27-29-17-20-33(21-18-29)47-25-10-24-41(32-13-6-3-7-14-32)37(42)22-19-30-23-26-46-28-30/h2-9,11-23,26,28,36,40H,10,24-25,27H2,1H3/b22-19+/t36-/m0/s1. The van der Waals surface area contributed by atoms with Crippen LogP contribution in [0.3, 0.4) is 0 Å². The summed E-state index contributed by atoms with van der Waals surface area (Å²) in [6, 6.07) is 34.2. The Labute approximate surface area is 274 Å². The molecule has 0 aliphatic rings. The number of carbonyl (C=O) groups excluding carboxylic acids is 3. The quantitative estimate of drug-likeness (QED) is 0.0566. The molecular formula is C39H36N2O6. The molecule has 1 N–H and O–H groups in total. The number of amides is 1. The summed E-state index contributed by atoms with van der Waals surface area (Å²) in [5, 5.41) is 3.24. The lowest BCUT2D eigenvalue weighted by molar-refractivity contribution is -0.141. The smallest absolute Gasteiger partial charge is 0.328 e. The molecule has 5 aromatic rings. The van der Waals surface area contributed by atoms with Gasteiger partial charge >= 0.3 is 5.97 Å². The fraction of sp³-hybridized carbons (Fsp3) is 0.154. The molecule has 1 aromatic heterocycles. The number of hydrogen-bond donors (Lipinski definition) is 1. The molecule has 0 fully saturated rings. The van der Waals surface area contributed by atoms with Crippen LogP contribution in [0.2, 0.25) is 0 Å². The zero-order valence-corrected chi connectivity index (χ0v) is 26.1. The number of esters is 1. The third kappa shape index (κ3) is 9.08. The van der Waals surface area contributed by atoms with Crippen molar-refractivity contribution in [1.82, 2.24) is 0 Å². The fourth-order valence-electron chi connectivity index (χ4n) is 5.05. The average Bonchev–Trinajstić information content (AvgIpc) is 3.65. The van der Waals surface area contributed by atoms with Gasteiger partial charge in [-0.3, -0.25) is 9.59 Å². The van der Waals surface area contributed by atoms with Gasteiger partial charge in [0, 0.05) is 47.1 Å². The van der Waals surface area contributed by atoms with E-state index in [9.17, 15) is 14.4 Å². The van der Waals surface area contributed by atoms with E-state index in [4.69, 9.17) is 13.9 Å². The lowest BCUT2D eigenvalue weighted by Crippen LogP contribution is -2.33. The highest BCUT2D eigenvalue weighted by Crippen LogP contribution is 2.23. The summed E-state index contributed by atoms with van der Waals surface area (Å²) in [4.78, 5) is 40.8. The molecule has 0 aliphatic heterocycles. The van der Waals surface area contributed by atoms with Crippen molar-refractivity contribution in [3.63, 3.8) is 0 Å². The molecule has 5 rings (SSSR count). The first kappa shape index (κ1) is 32.5. The van der Waals surface area contributed by atoms with Gasteiger partial charge in [-0.2, -0.15) is 0 Å². The third-order valence-electron chi connectivity index (χ3n) is 7.48. The van der Waals surface area contributed by atoms with E-state index >= 15 is 0 Å². The van der Waals surface area contributed by atoms with Crippen molar-refractivity contribution in [3.8, 4) is 5.75 Å². The fourth-order valence-corrected chi connectivity index (χ4v) is 5.05. The molecule has 1 amide bonds. The van der Waals surface area contributed by atoms with Crippen molar-refractivity contribution in [2.24, 2.45) is 0 Å². The molecule has 238 valence electrons. The van der Waals surface area contributed by atoms with Crippen LogP contribution in [0.15, 0.2) is 138 Å². The molecule has 8 nitrogen and oxygen atoms in total. The Balaban J connectivity index is 1.18. The molecule has 4 aromatic carbocycles. The van der Waals surface area contributed by atoms with Crippen LogP contribution in [0.25, 0.3) is 6.08 Å².